The van der Waals surface area contributed by atoms with E-state index in [0.29, 0.717) is 19.1 Å². The summed E-state index contributed by atoms with van der Waals surface area (Å²) in [5, 5.41) is 3.26. The van der Waals surface area contributed by atoms with Gasteiger partial charge in [0.25, 0.3) is 11.8 Å². The Morgan fingerprint density at radius 2 is 1.68 bits per heavy atom. The summed E-state index contributed by atoms with van der Waals surface area (Å²) in [5.74, 6) is 0.645. The maximum Gasteiger partial charge on any atom is 0.253 e. The first-order valence-electron chi connectivity index (χ1n) is 14.0. The average molecular weight is 508 g/mol. The lowest BCUT2D eigenvalue weighted by Crippen LogP contribution is -2.39. The zero-order chi connectivity index (χ0) is 26.7. The Labute approximate surface area is 222 Å². The van der Waals surface area contributed by atoms with Crippen LogP contribution < -0.4 is 5.32 Å². The fraction of sp³-hybridized carbons (Fsp3) is 0.613. The Kier molecular flexibility index (Phi) is 8.47. The van der Waals surface area contributed by atoms with Crippen LogP contribution in [0.4, 0.5) is 0 Å². The maximum atomic E-state index is 13.5. The lowest BCUT2D eigenvalue weighted by Gasteiger charge is -2.26. The lowest BCUT2D eigenvalue weighted by molar-refractivity contribution is 0.0696. The number of nitrogens with one attached hydrogen (secondary N) is 1. The zero-order valence-corrected chi connectivity index (χ0v) is 23.7. The summed E-state index contributed by atoms with van der Waals surface area (Å²) in [7, 11) is 3.59. The van der Waals surface area contributed by atoms with Gasteiger partial charge in [0.15, 0.2) is 0 Å². The predicted molar refractivity (Wildman–Crippen MR) is 149 cm³/mol. The average Bonchev–Trinajstić information content (AvgIpc) is 3.19. The van der Waals surface area contributed by atoms with Gasteiger partial charge in [-0.05, 0) is 73.3 Å². The van der Waals surface area contributed by atoms with Crippen LogP contribution in [0.1, 0.15) is 97.7 Å². The molecular formula is C31H45N3O3. The van der Waals surface area contributed by atoms with Gasteiger partial charge in [0.1, 0.15) is 0 Å². The molecule has 37 heavy (non-hydrogen) atoms. The van der Waals surface area contributed by atoms with E-state index in [0.717, 1.165) is 53.0 Å². The largest absolute Gasteiger partial charge is 0.381 e. The van der Waals surface area contributed by atoms with Gasteiger partial charge in [0.05, 0.1) is 5.56 Å². The number of carbonyl (C=O) groups excluding carboxylic acids is 2. The number of benzene rings is 1. The van der Waals surface area contributed by atoms with Crippen molar-refractivity contribution < 1.29 is 14.3 Å². The third-order valence-corrected chi connectivity index (χ3v) is 8.09. The minimum Gasteiger partial charge on any atom is -0.381 e. The van der Waals surface area contributed by atoms with E-state index in [-0.39, 0.29) is 23.3 Å². The second kappa shape index (κ2) is 11.4. The summed E-state index contributed by atoms with van der Waals surface area (Å²) < 4.78 is 7.84. The van der Waals surface area contributed by atoms with Crippen molar-refractivity contribution in [3.05, 3.63) is 46.6 Å². The minimum atomic E-state index is -0.198. The summed E-state index contributed by atoms with van der Waals surface area (Å²) in [6, 6.07) is 8.42. The van der Waals surface area contributed by atoms with E-state index in [1.54, 1.807) is 19.0 Å². The third kappa shape index (κ3) is 6.28. The molecule has 1 aromatic carbocycles. The molecule has 1 saturated heterocycles. The summed E-state index contributed by atoms with van der Waals surface area (Å²) in [6.45, 7) is 10.9. The quantitative estimate of drug-likeness (QED) is 0.525. The lowest BCUT2D eigenvalue weighted by atomic mass is 9.82. The van der Waals surface area contributed by atoms with Gasteiger partial charge < -0.3 is 19.5 Å². The van der Waals surface area contributed by atoms with Crippen LogP contribution in [0.2, 0.25) is 0 Å². The van der Waals surface area contributed by atoms with Crippen LogP contribution >= 0.6 is 0 Å². The molecule has 1 saturated carbocycles. The molecule has 4 rings (SSSR count). The molecule has 0 bridgehead atoms. The summed E-state index contributed by atoms with van der Waals surface area (Å²) >= 11 is 0. The van der Waals surface area contributed by atoms with Gasteiger partial charge in [-0.15, -0.1) is 0 Å². The number of hydrogen-bond acceptors (Lipinski definition) is 3. The van der Waals surface area contributed by atoms with E-state index in [1.807, 2.05) is 6.07 Å². The van der Waals surface area contributed by atoms with Gasteiger partial charge in [-0.3, -0.25) is 9.59 Å². The highest BCUT2D eigenvalue weighted by Crippen LogP contribution is 2.35. The fourth-order valence-corrected chi connectivity index (χ4v) is 5.83. The second-order valence-electron chi connectivity index (χ2n) is 12.2. The van der Waals surface area contributed by atoms with Crippen molar-refractivity contribution in [2.75, 3.05) is 27.3 Å². The molecule has 2 fully saturated rings. The fourth-order valence-electron chi connectivity index (χ4n) is 5.83. The molecule has 1 aromatic heterocycles. The van der Waals surface area contributed by atoms with Gasteiger partial charge in [-0.1, -0.05) is 46.1 Å². The normalized spacial score (nSPS) is 17.6. The molecule has 202 valence electrons. The SMILES string of the molecule is Cc1c(C(=O)NC2CCOCC2)cc(-c2ccc(C(=O)N(C)C)c(C(C)(C)C)c2)n1CC1CCCCC1. The van der Waals surface area contributed by atoms with Crippen LogP contribution in [0, 0.1) is 12.8 Å². The number of carbonyl (C=O) groups is 2. The van der Waals surface area contributed by atoms with Crippen molar-refractivity contribution >= 4 is 11.8 Å². The summed E-state index contributed by atoms with van der Waals surface area (Å²) in [6.07, 6.45) is 8.09. The Morgan fingerprint density at radius 3 is 2.30 bits per heavy atom. The van der Waals surface area contributed by atoms with Crippen LogP contribution in [0.5, 0.6) is 0 Å². The van der Waals surface area contributed by atoms with Crippen molar-refractivity contribution in [2.24, 2.45) is 5.92 Å². The summed E-state index contributed by atoms with van der Waals surface area (Å²) in [5.41, 5.74) is 5.47. The van der Waals surface area contributed by atoms with E-state index in [9.17, 15) is 9.59 Å². The van der Waals surface area contributed by atoms with Crippen molar-refractivity contribution in [3.63, 3.8) is 0 Å². The van der Waals surface area contributed by atoms with E-state index in [1.165, 1.54) is 32.1 Å². The van der Waals surface area contributed by atoms with Gasteiger partial charge >= 0.3 is 0 Å². The minimum absolute atomic E-state index is 0.00324. The number of amides is 2. The highest BCUT2D eigenvalue weighted by Gasteiger charge is 2.27. The van der Waals surface area contributed by atoms with Crippen LogP contribution in [-0.4, -0.2) is 54.6 Å². The van der Waals surface area contributed by atoms with Crippen LogP contribution in [-0.2, 0) is 16.7 Å². The Balaban J connectivity index is 1.76. The number of aromatic nitrogens is 1. The molecule has 1 aliphatic heterocycles. The van der Waals surface area contributed by atoms with Crippen LogP contribution in [0.25, 0.3) is 11.3 Å². The number of rotatable bonds is 6. The van der Waals surface area contributed by atoms with Gasteiger partial charge in [0, 0.05) is 56.8 Å². The maximum absolute atomic E-state index is 13.5. The smallest absolute Gasteiger partial charge is 0.253 e. The van der Waals surface area contributed by atoms with E-state index in [4.69, 9.17) is 4.74 Å². The van der Waals surface area contributed by atoms with Crippen molar-refractivity contribution in [1.29, 1.82) is 0 Å². The number of ether oxygens (including phenoxy) is 1. The highest BCUT2D eigenvalue weighted by atomic mass is 16.5. The molecular weight excluding hydrogens is 462 g/mol. The van der Waals surface area contributed by atoms with Gasteiger partial charge in [-0.25, -0.2) is 0 Å². The first-order chi connectivity index (χ1) is 17.6. The molecule has 0 radical (unpaired) electrons. The Bertz CT molecular complexity index is 1110. The number of nitrogens with zero attached hydrogens (tertiary/aromatic N) is 2. The topological polar surface area (TPSA) is 63.6 Å². The standard InChI is InChI=1S/C31H45N3O3/c1-21-26(29(35)32-24-14-16-37-17-15-24)19-28(34(21)20-22-10-8-7-9-11-22)23-12-13-25(30(36)33(5)6)27(18-23)31(2,3)4/h12-13,18-19,22,24H,7-11,14-17,20H2,1-6H3,(H,32,35). The van der Waals surface area contributed by atoms with Crippen LogP contribution in [0.3, 0.4) is 0 Å². The van der Waals surface area contributed by atoms with E-state index < -0.39 is 0 Å². The predicted octanol–water partition coefficient (Wildman–Crippen LogP) is 5.95. The molecule has 6 heteroatoms. The Morgan fingerprint density at radius 1 is 1.00 bits per heavy atom. The van der Waals surface area contributed by atoms with Crippen molar-refractivity contribution in [2.45, 2.75) is 90.6 Å². The summed E-state index contributed by atoms with van der Waals surface area (Å²) in [4.78, 5) is 28.1. The Hall–Kier alpha value is -2.60. The molecule has 6 nitrogen and oxygen atoms in total. The van der Waals surface area contributed by atoms with Gasteiger partial charge in [-0.2, -0.15) is 0 Å². The molecule has 0 unspecified atom stereocenters. The van der Waals surface area contributed by atoms with E-state index >= 15 is 0 Å². The number of hydrogen-bond donors (Lipinski definition) is 1. The first kappa shape index (κ1) is 27.4. The molecule has 2 heterocycles. The first-order valence-corrected chi connectivity index (χ1v) is 14.0. The van der Waals surface area contributed by atoms with Crippen molar-refractivity contribution in [3.8, 4) is 11.3 Å². The molecule has 1 aliphatic carbocycles. The molecule has 0 spiro atoms. The molecule has 1 N–H and O–H groups in total. The molecule has 2 amide bonds. The molecule has 2 aliphatic rings. The monoisotopic (exact) mass is 507 g/mol. The molecule has 2 aromatic rings. The van der Waals surface area contributed by atoms with Crippen molar-refractivity contribution in [1.82, 2.24) is 14.8 Å². The zero-order valence-electron chi connectivity index (χ0n) is 23.7. The second-order valence-corrected chi connectivity index (χ2v) is 12.2. The van der Waals surface area contributed by atoms with Gasteiger partial charge in [0.2, 0.25) is 0 Å². The van der Waals surface area contributed by atoms with Crippen LogP contribution in [0.15, 0.2) is 24.3 Å². The highest BCUT2D eigenvalue weighted by molar-refractivity contribution is 5.98. The third-order valence-electron chi connectivity index (χ3n) is 8.09. The molecule has 0 atom stereocenters. The van der Waals surface area contributed by atoms with E-state index in [2.05, 4.69) is 55.8 Å².